The second-order valence-electron chi connectivity index (χ2n) is 6.86. The van der Waals surface area contributed by atoms with E-state index < -0.39 is 6.09 Å². The molecule has 0 radical (unpaired) electrons. The molecule has 1 N–H and O–H groups in total. The molecule has 4 rings (SSSR count). The van der Waals surface area contributed by atoms with Crippen molar-refractivity contribution in [1.29, 1.82) is 5.26 Å². The van der Waals surface area contributed by atoms with Crippen LogP contribution in [0.2, 0.25) is 0 Å². The zero-order valence-corrected chi connectivity index (χ0v) is 17.3. The van der Waals surface area contributed by atoms with Crippen LogP contribution in [0.5, 0.6) is 0 Å². The number of methoxy groups -OCH3 is 1. The minimum absolute atomic E-state index is 0.243. The zero-order chi connectivity index (χ0) is 22.7. The number of fused-ring (bicyclic) bond motifs is 1. The molecule has 0 unspecified atom stereocenters. The Kier molecular flexibility index (Phi) is 5.51. The van der Waals surface area contributed by atoms with E-state index in [4.69, 9.17) is 5.26 Å². The fourth-order valence-corrected chi connectivity index (χ4v) is 3.16. The van der Waals surface area contributed by atoms with Gasteiger partial charge in [-0.15, -0.1) is 0 Å². The molecule has 4 aromatic rings. The largest absolute Gasteiger partial charge is 0.453 e. The van der Waals surface area contributed by atoms with Crippen LogP contribution in [-0.4, -0.2) is 40.5 Å². The summed E-state index contributed by atoms with van der Waals surface area (Å²) < 4.78 is 6.38. The normalized spacial score (nSPS) is 10.4. The minimum Gasteiger partial charge on any atom is -0.453 e. The maximum atomic E-state index is 13.0. The quantitative estimate of drug-likeness (QED) is 0.532. The molecule has 2 aromatic heterocycles. The van der Waals surface area contributed by atoms with Gasteiger partial charge in [-0.2, -0.15) is 5.26 Å². The first-order chi connectivity index (χ1) is 15.5. The number of carbonyl (C=O) groups is 2. The predicted molar refractivity (Wildman–Crippen MR) is 118 cm³/mol. The topological polar surface area (TPSA) is 113 Å². The molecule has 0 aliphatic rings. The van der Waals surface area contributed by atoms with E-state index in [0.717, 1.165) is 11.3 Å². The van der Waals surface area contributed by atoms with Crippen molar-refractivity contribution in [2.45, 2.75) is 0 Å². The van der Waals surface area contributed by atoms with Gasteiger partial charge < -0.3 is 9.64 Å². The van der Waals surface area contributed by atoms with E-state index in [1.54, 1.807) is 60.2 Å². The number of nitriles is 1. The average Bonchev–Trinajstić information content (AvgIpc) is 3.27. The highest BCUT2D eigenvalue weighted by Gasteiger charge is 2.17. The fraction of sp³-hybridized carbons (Fsp3) is 0.0870. The van der Waals surface area contributed by atoms with Gasteiger partial charge in [0.15, 0.2) is 5.65 Å². The number of hydrogen-bond donors (Lipinski definition) is 1. The smallest absolute Gasteiger partial charge is 0.411 e. The monoisotopic (exact) mass is 426 g/mol. The summed E-state index contributed by atoms with van der Waals surface area (Å²) in [7, 11) is 2.95. The molecule has 0 atom stereocenters. The molecule has 0 saturated heterocycles. The van der Waals surface area contributed by atoms with Crippen molar-refractivity contribution in [2.75, 3.05) is 24.4 Å². The Morgan fingerprint density at radius 1 is 1.06 bits per heavy atom. The van der Waals surface area contributed by atoms with E-state index in [0.29, 0.717) is 22.6 Å². The number of rotatable bonds is 4. The first-order valence-corrected chi connectivity index (χ1v) is 9.57. The first-order valence-electron chi connectivity index (χ1n) is 9.57. The maximum absolute atomic E-state index is 13.0. The maximum Gasteiger partial charge on any atom is 0.411 e. The summed E-state index contributed by atoms with van der Waals surface area (Å²) in [5.74, 6) is -0.297. The second kappa shape index (κ2) is 8.57. The van der Waals surface area contributed by atoms with Crippen molar-refractivity contribution in [2.24, 2.45) is 0 Å². The number of benzene rings is 2. The van der Waals surface area contributed by atoms with Crippen LogP contribution >= 0.6 is 0 Å². The van der Waals surface area contributed by atoms with E-state index in [1.807, 2.05) is 12.1 Å². The number of nitrogens with one attached hydrogen (secondary N) is 1. The highest BCUT2D eigenvalue weighted by Crippen LogP contribution is 2.23. The van der Waals surface area contributed by atoms with E-state index in [9.17, 15) is 9.59 Å². The molecule has 0 aliphatic heterocycles. The second-order valence-corrected chi connectivity index (χ2v) is 6.86. The van der Waals surface area contributed by atoms with Crippen LogP contribution in [0.1, 0.15) is 16.1 Å². The van der Waals surface area contributed by atoms with E-state index in [-0.39, 0.29) is 11.6 Å². The summed E-state index contributed by atoms with van der Waals surface area (Å²) >= 11 is 0. The molecule has 0 spiro atoms. The van der Waals surface area contributed by atoms with Crippen LogP contribution in [0, 0.1) is 11.3 Å². The zero-order valence-electron chi connectivity index (χ0n) is 17.3. The molecular formula is C23H18N6O3. The minimum atomic E-state index is -0.548. The number of imidazole rings is 1. The van der Waals surface area contributed by atoms with Crippen LogP contribution in [0.4, 0.5) is 16.2 Å². The standard InChI is InChI=1S/C23H18N6O3/c1-28(18-9-3-15(11-24)4-10-18)22(30)19-14-29-20(12-26-21(29)13-25-19)16-5-7-17(8-6-16)27-23(31)32-2/h3-10,12-14H,1-2H3,(H,27,31). The molecule has 2 aromatic carbocycles. The number of hydrogen-bond acceptors (Lipinski definition) is 6. The summed E-state index contributed by atoms with van der Waals surface area (Å²) in [5.41, 5.74) is 4.21. The van der Waals surface area contributed by atoms with E-state index in [2.05, 4.69) is 26.1 Å². The highest BCUT2D eigenvalue weighted by atomic mass is 16.5. The summed E-state index contributed by atoms with van der Waals surface area (Å²) in [6.07, 6.45) is 4.32. The fourth-order valence-electron chi connectivity index (χ4n) is 3.16. The molecule has 9 nitrogen and oxygen atoms in total. The lowest BCUT2D eigenvalue weighted by molar-refractivity contribution is 0.0987. The molecule has 158 valence electrons. The first kappa shape index (κ1) is 20.6. The van der Waals surface area contributed by atoms with E-state index >= 15 is 0 Å². The van der Waals surface area contributed by atoms with Gasteiger partial charge >= 0.3 is 6.09 Å². The SMILES string of the molecule is COC(=O)Nc1ccc(-c2cnc3cnc(C(=O)N(C)c4ccc(C#N)cc4)cn23)cc1. The molecule has 0 aliphatic carbocycles. The Morgan fingerprint density at radius 2 is 1.78 bits per heavy atom. The highest BCUT2D eigenvalue weighted by molar-refractivity contribution is 6.04. The third-order valence-electron chi connectivity index (χ3n) is 4.92. The summed E-state index contributed by atoms with van der Waals surface area (Å²) in [5, 5.41) is 11.5. The number of amides is 2. The number of anilines is 2. The number of carbonyl (C=O) groups excluding carboxylic acids is 2. The third kappa shape index (κ3) is 3.97. The van der Waals surface area contributed by atoms with Gasteiger partial charge in [0.05, 0.1) is 36.8 Å². The van der Waals surface area contributed by atoms with Gasteiger partial charge in [0.2, 0.25) is 0 Å². The molecule has 2 heterocycles. The van der Waals surface area contributed by atoms with Crippen molar-refractivity contribution < 1.29 is 14.3 Å². The van der Waals surface area contributed by atoms with Crippen molar-refractivity contribution >= 4 is 29.0 Å². The molecule has 9 heteroatoms. The number of ether oxygens (including phenoxy) is 1. The third-order valence-corrected chi connectivity index (χ3v) is 4.92. The Bertz CT molecular complexity index is 1340. The number of nitrogens with zero attached hydrogens (tertiary/aromatic N) is 5. The summed E-state index contributed by atoms with van der Waals surface area (Å²) in [6, 6.07) is 15.9. The van der Waals surface area contributed by atoms with Gasteiger partial charge in [0, 0.05) is 30.2 Å². The Labute approximate surface area is 183 Å². The van der Waals surface area contributed by atoms with E-state index in [1.165, 1.54) is 18.2 Å². The Hall–Kier alpha value is -4.71. The van der Waals surface area contributed by atoms with Crippen LogP contribution in [0.25, 0.3) is 16.9 Å². The Morgan fingerprint density at radius 3 is 2.44 bits per heavy atom. The average molecular weight is 426 g/mol. The number of aromatic nitrogens is 3. The molecule has 0 bridgehead atoms. The van der Waals surface area contributed by atoms with Crippen molar-refractivity contribution in [3.05, 3.63) is 78.4 Å². The van der Waals surface area contributed by atoms with Crippen LogP contribution < -0.4 is 10.2 Å². The molecular weight excluding hydrogens is 408 g/mol. The van der Waals surface area contributed by atoms with Gasteiger partial charge in [-0.3, -0.25) is 14.5 Å². The molecule has 32 heavy (non-hydrogen) atoms. The summed E-state index contributed by atoms with van der Waals surface area (Å²) in [4.78, 5) is 34.4. The van der Waals surface area contributed by atoms with Gasteiger partial charge in [0.1, 0.15) is 5.69 Å². The predicted octanol–water partition coefficient (Wildman–Crippen LogP) is 3.72. The van der Waals surface area contributed by atoms with Crippen molar-refractivity contribution in [1.82, 2.24) is 14.4 Å². The van der Waals surface area contributed by atoms with Crippen molar-refractivity contribution in [3.8, 4) is 17.3 Å². The van der Waals surface area contributed by atoms with Gasteiger partial charge in [-0.25, -0.2) is 14.8 Å². The van der Waals surface area contributed by atoms with Gasteiger partial charge in [0.25, 0.3) is 5.91 Å². The van der Waals surface area contributed by atoms with Crippen LogP contribution in [-0.2, 0) is 4.74 Å². The van der Waals surface area contributed by atoms with Gasteiger partial charge in [-0.1, -0.05) is 12.1 Å². The van der Waals surface area contributed by atoms with Crippen LogP contribution in [0.3, 0.4) is 0 Å². The molecule has 0 saturated carbocycles. The molecule has 2 amide bonds. The lowest BCUT2D eigenvalue weighted by Gasteiger charge is -2.17. The summed E-state index contributed by atoms with van der Waals surface area (Å²) in [6.45, 7) is 0. The van der Waals surface area contributed by atoms with Gasteiger partial charge in [-0.05, 0) is 36.4 Å². The Balaban J connectivity index is 1.63. The lowest BCUT2D eigenvalue weighted by Crippen LogP contribution is -2.27. The van der Waals surface area contributed by atoms with Crippen LogP contribution in [0.15, 0.2) is 67.1 Å². The van der Waals surface area contributed by atoms with Crippen molar-refractivity contribution in [3.63, 3.8) is 0 Å². The lowest BCUT2D eigenvalue weighted by atomic mass is 10.1. The molecule has 0 fully saturated rings.